The van der Waals surface area contributed by atoms with Crippen LogP contribution in [0.4, 0.5) is 11.4 Å². The highest BCUT2D eigenvalue weighted by Gasteiger charge is 2.18. The Morgan fingerprint density at radius 1 is 0.758 bits per heavy atom. The molecule has 0 aliphatic carbocycles. The van der Waals surface area contributed by atoms with E-state index in [0.717, 1.165) is 69.2 Å². The fourth-order valence-corrected chi connectivity index (χ4v) is 4.61. The van der Waals surface area contributed by atoms with Crippen LogP contribution in [0, 0.1) is 0 Å². The Morgan fingerprint density at radius 2 is 1.64 bits per heavy atom. The highest BCUT2D eigenvalue weighted by molar-refractivity contribution is 6.08. The van der Waals surface area contributed by atoms with Gasteiger partial charge in [0.1, 0.15) is 5.82 Å². The van der Waals surface area contributed by atoms with Crippen molar-refractivity contribution in [2.24, 2.45) is 9.98 Å². The molecule has 2 aliphatic rings. The summed E-state index contributed by atoms with van der Waals surface area (Å²) in [6.45, 7) is 0. The van der Waals surface area contributed by atoms with Gasteiger partial charge in [0.25, 0.3) is 0 Å². The summed E-state index contributed by atoms with van der Waals surface area (Å²) in [5, 5.41) is 0. The Hall–Kier alpha value is -4.38. The van der Waals surface area contributed by atoms with Gasteiger partial charge < -0.3 is 4.98 Å². The molecular weight excluding hydrogens is 406 g/mol. The molecule has 0 fully saturated rings. The van der Waals surface area contributed by atoms with Crippen LogP contribution < -0.4 is 0 Å². The summed E-state index contributed by atoms with van der Waals surface area (Å²) in [5.74, 6) is 0.865. The summed E-state index contributed by atoms with van der Waals surface area (Å²) in [5.41, 5.74) is 11.8. The van der Waals surface area contributed by atoms with Crippen LogP contribution in [0.3, 0.4) is 0 Å². The highest BCUT2D eigenvalue weighted by Crippen LogP contribution is 2.34. The van der Waals surface area contributed by atoms with E-state index in [2.05, 4.69) is 69.6 Å². The van der Waals surface area contributed by atoms with Gasteiger partial charge >= 0.3 is 0 Å². The number of hydrogen-bond acceptors (Lipinski definition) is 4. The number of H-pyrrole nitrogens is 1. The van der Waals surface area contributed by atoms with Gasteiger partial charge in [-0.2, -0.15) is 0 Å². The van der Waals surface area contributed by atoms with E-state index in [0.29, 0.717) is 0 Å². The van der Waals surface area contributed by atoms with E-state index in [1.165, 1.54) is 11.1 Å². The third-order valence-electron chi connectivity index (χ3n) is 6.37. The van der Waals surface area contributed by atoms with Crippen LogP contribution in [0.15, 0.2) is 89.0 Å². The van der Waals surface area contributed by atoms with Crippen LogP contribution in [0.2, 0.25) is 0 Å². The molecular formula is C28H19N5. The quantitative estimate of drug-likeness (QED) is 0.372. The van der Waals surface area contributed by atoms with Crippen molar-refractivity contribution in [2.45, 2.75) is 12.8 Å². The van der Waals surface area contributed by atoms with Crippen molar-refractivity contribution in [2.75, 3.05) is 0 Å². The summed E-state index contributed by atoms with van der Waals surface area (Å²) in [7, 11) is 0. The molecule has 0 radical (unpaired) electrons. The maximum Gasteiger partial charge on any atom is 0.138 e. The SMILES string of the molecule is C1=Nc2cc(-c3nc4ccc(C5=Nc6cc(-c7ccccn7)ccc6C5)cc4[nH]3)ccc2C1. The van der Waals surface area contributed by atoms with Crippen LogP contribution in [0.1, 0.15) is 16.7 Å². The van der Waals surface area contributed by atoms with Crippen molar-refractivity contribution in [3.05, 3.63) is 95.7 Å². The Kier molecular flexibility index (Phi) is 3.90. The number of nitrogens with zero attached hydrogens (tertiary/aromatic N) is 4. The molecule has 0 unspecified atom stereocenters. The van der Waals surface area contributed by atoms with Crippen LogP contribution in [-0.4, -0.2) is 26.9 Å². The first-order chi connectivity index (χ1) is 16.3. The zero-order chi connectivity index (χ0) is 21.8. The Labute approximate surface area is 190 Å². The molecule has 1 N–H and O–H groups in total. The van der Waals surface area contributed by atoms with Crippen molar-refractivity contribution >= 4 is 34.3 Å². The van der Waals surface area contributed by atoms with Gasteiger partial charge in [-0.25, -0.2) is 4.98 Å². The van der Waals surface area contributed by atoms with Gasteiger partial charge in [0.15, 0.2) is 0 Å². The Bertz CT molecular complexity index is 1610. The summed E-state index contributed by atoms with van der Waals surface area (Å²) in [6.07, 6.45) is 5.51. The van der Waals surface area contributed by atoms with E-state index in [4.69, 9.17) is 9.98 Å². The fraction of sp³-hybridized carbons (Fsp3) is 0.0714. The van der Waals surface area contributed by atoms with Gasteiger partial charge in [-0.15, -0.1) is 0 Å². The number of pyridine rings is 1. The fourth-order valence-electron chi connectivity index (χ4n) is 4.61. The summed E-state index contributed by atoms with van der Waals surface area (Å²) >= 11 is 0. The lowest BCUT2D eigenvalue weighted by atomic mass is 10.0. The van der Waals surface area contributed by atoms with Crippen LogP contribution in [0.5, 0.6) is 0 Å². The minimum atomic E-state index is 0.827. The van der Waals surface area contributed by atoms with E-state index in [-0.39, 0.29) is 0 Å². The Balaban J connectivity index is 1.22. The molecule has 2 aromatic heterocycles. The minimum Gasteiger partial charge on any atom is -0.338 e. The second-order valence-electron chi connectivity index (χ2n) is 8.47. The topological polar surface area (TPSA) is 66.3 Å². The number of aromatic amines is 1. The molecule has 0 atom stereocenters. The first-order valence-corrected chi connectivity index (χ1v) is 11.1. The van der Waals surface area contributed by atoms with E-state index < -0.39 is 0 Å². The summed E-state index contributed by atoms with van der Waals surface area (Å²) in [4.78, 5) is 22.2. The first kappa shape index (κ1) is 18.2. The summed E-state index contributed by atoms with van der Waals surface area (Å²) in [6, 6.07) is 25.1. The molecule has 5 nitrogen and oxygen atoms in total. The molecule has 0 spiro atoms. The molecule has 5 heteroatoms. The molecule has 2 aliphatic heterocycles. The molecule has 0 saturated heterocycles. The average molecular weight is 425 g/mol. The molecule has 33 heavy (non-hydrogen) atoms. The highest BCUT2D eigenvalue weighted by atomic mass is 14.9. The zero-order valence-corrected chi connectivity index (χ0v) is 17.8. The number of benzene rings is 3. The van der Waals surface area contributed by atoms with Gasteiger partial charge in [-0.05, 0) is 53.1 Å². The van der Waals surface area contributed by atoms with Gasteiger partial charge in [-0.1, -0.05) is 36.4 Å². The molecule has 0 saturated carbocycles. The standard InChI is InChI=1S/C28H19N5/c1-2-11-29-22(3-1)18-5-6-19-14-26(31-25(19)13-18)20-8-9-23-27(15-20)33-28(32-23)21-7-4-17-10-12-30-24(17)16-21/h1-9,11-13,15-16H,10,14H2,(H,32,33). The van der Waals surface area contributed by atoms with E-state index >= 15 is 0 Å². The number of aliphatic imine (C=N–C) groups is 2. The maximum atomic E-state index is 4.96. The predicted molar refractivity (Wildman–Crippen MR) is 133 cm³/mol. The first-order valence-electron chi connectivity index (χ1n) is 11.1. The van der Waals surface area contributed by atoms with Crippen LogP contribution >= 0.6 is 0 Å². The number of aromatic nitrogens is 3. The van der Waals surface area contributed by atoms with Crippen molar-refractivity contribution in [1.29, 1.82) is 0 Å². The predicted octanol–water partition coefficient (Wildman–Crippen LogP) is 6.23. The van der Waals surface area contributed by atoms with Crippen molar-refractivity contribution in [3.63, 3.8) is 0 Å². The van der Waals surface area contributed by atoms with Gasteiger partial charge in [0, 0.05) is 36.4 Å². The van der Waals surface area contributed by atoms with Crippen molar-refractivity contribution in [3.8, 4) is 22.6 Å². The third-order valence-corrected chi connectivity index (χ3v) is 6.37. The number of rotatable bonds is 3. The van der Waals surface area contributed by atoms with Crippen molar-refractivity contribution in [1.82, 2.24) is 15.0 Å². The molecule has 156 valence electrons. The molecule has 5 aromatic rings. The number of nitrogens with one attached hydrogen (secondary N) is 1. The third kappa shape index (κ3) is 3.09. The lowest BCUT2D eigenvalue weighted by molar-refractivity contribution is 1.32. The number of fused-ring (bicyclic) bond motifs is 3. The maximum absolute atomic E-state index is 4.96. The van der Waals surface area contributed by atoms with Gasteiger partial charge in [-0.3, -0.25) is 15.0 Å². The van der Waals surface area contributed by atoms with Crippen molar-refractivity contribution < 1.29 is 0 Å². The number of imidazole rings is 1. The molecule has 0 amide bonds. The van der Waals surface area contributed by atoms with E-state index in [1.807, 2.05) is 30.6 Å². The van der Waals surface area contributed by atoms with Crippen LogP contribution in [-0.2, 0) is 12.8 Å². The number of hydrogen-bond donors (Lipinski definition) is 1. The molecule has 4 heterocycles. The summed E-state index contributed by atoms with van der Waals surface area (Å²) < 4.78 is 0. The second kappa shape index (κ2) is 7.07. The largest absolute Gasteiger partial charge is 0.338 e. The molecule has 3 aromatic carbocycles. The normalized spacial score (nSPS) is 13.9. The zero-order valence-electron chi connectivity index (χ0n) is 17.8. The smallest absolute Gasteiger partial charge is 0.138 e. The Morgan fingerprint density at radius 3 is 2.58 bits per heavy atom. The molecule has 7 rings (SSSR count). The lowest BCUT2D eigenvalue weighted by Crippen LogP contribution is -1.99. The van der Waals surface area contributed by atoms with E-state index in [9.17, 15) is 0 Å². The van der Waals surface area contributed by atoms with Gasteiger partial charge in [0.05, 0.1) is 33.8 Å². The second-order valence-corrected chi connectivity index (χ2v) is 8.47. The van der Waals surface area contributed by atoms with Gasteiger partial charge in [0.2, 0.25) is 0 Å². The minimum absolute atomic E-state index is 0.827. The van der Waals surface area contributed by atoms with E-state index in [1.54, 1.807) is 0 Å². The molecule has 0 bridgehead atoms. The monoisotopic (exact) mass is 425 g/mol. The average Bonchev–Trinajstić information content (AvgIpc) is 3.60. The van der Waals surface area contributed by atoms with Crippen LogP contribution in [0.25, 0.3) is 33.7 Å². The lowest BCUT2D eigenvalue weighted by Gasteiger charge is -2.02.